The molecule has 1 aliphatic heterocycles. The second kappa shape index (κ2) is 8.36. The Morgan fingerprint density at radius 2 is 1.52 bits per heavy atom. The number of piperidine rings is 1. The van der Waals surface area contributed by atoms with E-state index in [0.29, 0.717) is 6.04 Å². The average molecular weight is 358 g/mol. The number of methoxy groups -OCH3 is 1. The fourth-order valence-electron chi connectivity index (χ4n) is 4.00. The minimum absolute atomic E-state index is 0.299. The number of hydrogen-bond donors (Lipinski definition) is 0. The van der Waals surface area contributed by atoms with Gasteiger partial charge in [-0.2, -0.15) is 0 Å². The molecule has 2 aromatic carbocycles. The Morgan fingerprint density at radius 1 is 0.815 bits per heavy atom. The van der Waals surface area contributed by atoms with Crippen molar-refractivity contribution in [3.63, 3.8) is 0 Å². The first-order chi connectivity index (χ1) is 13.3. The molecule has 138 valence electrons. The summed E-state index contributed by atoms with van der Waals surface area (Å²) in [5, 5.41) is 0. The van der Waals surface area contributed by atoms with E-state index < -0.39 is 0 Å². The molecule has 0 unspecified atom stereocenters. The third kappa shape index (κ3) is 4.04. The minimum atomic E-state index is 0.299. The fraction of sp³-hybridized carbons (Fsp3) is 0.292. The Kier molecular flexibility index (Phi) is 5.50. The van der Waals surface area contributed by atoms with Gasteiger partial charge in [0.2, 0.25) is 0 Å². The van der Waals surface area contributed by atoms with Crippen LogP contribution in [0.5, 0.6) is 5.75 Å². The minimum Gasteiger partial charge on any atom is -0.497 e. The van der Waals surface area contributed by atoms with Crippen molar-refractivity contribution in [2.45, 2.75) is 25.3 Å². The molecule has 3 nitrogen and oxygen atoms in total. The Hall–Kier alpha value is -2.65. The van der Waals surface area contributed by atoms with E-state index in [9.17, 15) is 0 Å². The zero-order valence-electron chi connectivity index (χ0n) is 15.8. The maximum atomic E-state index is 5.36. The third-order valence-electron chi connectivity index (χ3n) is 5.41. The summed E-state index contributed by atoms with van der Waals surface area (Å²) >= 11 is 0. The number of pyridine rings is 1. The van der Waals surface area contributed by atoms with Crippen LogP contribution in [0, 0.1) is 0 Å². The van der Waals surface area contributed by atoms with Crippen LogP contribution in [-0.2, 0) is 0 Å². The van der Waals surface area contributed by atoms with Crippen molar-refractivity contribution in [2.24, 2.45) is 0 Å². The quantitative estimate of drug-likeness (QED) is 0.616. The van der Waals surface area contributed by atoms with Gasteiger partial charge in [-0.15, -0.1) is 0 Å². The summed E-state index contributed by atoms with van der Waals surface area (Å²) in [7, 11) is 1.71. The molecule has 27 heavy (non-hydrogen) atoms. The first-order valence-corrected chi connectivity index (χ1v) is 9.73. The van der Waals surface area contributed by atoms with Crippen LogP contribution >= 0.6 is 0 Å². The van der Waals surface area contributed by atoms with Crippen molar-refractivity contribution < 1.29 is 4.74 Å². The van der Waals surface area contributed by atoms with Gasteiger partial charge >= 0.3 is 0 Å². The number of benzene rings is 2. The van der Waals surface area contributed by atoms with Crippen molar-refractivity contribution in [2.75, 3.05) is 20.2 Å². The summed E-state index contributed by atoms with van der Waals surface area (Å²) in [6, 6.07) is 21.8. The van der Waals surface area contributed by atoms with Gasteiger partial charge in [-0.1, -0.05) is 42.8 Å². The Balaban J connectivity index is 1.66. The second-order valence-electron chi connectivity index (χ2n) is 7.13. The monoisotopic (exact) mass is 358 g/mol. The van der Waals surface area contributed by atoms with Gasteiger partial charge in [0.1, 0.15) is 5.75 Å². The zero-order valence-corrected chi connectivity index (χ0v) is 15.8. The molecule has 0 spiro atoms. The van der Waals surface area contributed by atoms with Crippen LogP contribution in [0.25, 0.3) is 11.1 Å². The van der Waals surface area contributed by atoms with Crippen molar-refractivity contribution in [1.82, 2.24) is 9.88 Å². The van der Waals surface area contributed by atoms with Gasteiger partial charge in [0, 0.05) is 12.4 Å². The Bertz CT molecular complexity index is 855. The van der Waals surface area contributed by atoms with Gasteiger partial charge in [-0.05, 0) is 72.5 Å². The largest absolute Gasteiger partial charge is 0.497 e. The summed E-state index contributed by atoms with van der Waals surface area (Å²) in [5.41, 5.74) is 5.06. The van der Waals surface area contributed by atoms with Crippen molar-refractivity contribution >= 4 is 0 Å². The van der Waals surface area contributed by atoms with E-state index in [1.807, 2.05) is 24.5 Å². The van der Waals surface area contributed by atoms with Gasteiger partial charge in [0.05, 0.1) is 13.2 Å². The zero-order chi connectivity index (χ0) is 18.5. The molecule has 1 saturated heterocycles. The summed E-state index contributed by atoms with van der Waals surface area (Å²) in [6.07, 6.45) is 7.70. The number of ether oxygens (including phenoxy) is 1. The summed E-state index contributed by atoms with van der Waals surface area (Å²) < 4.78 is 5.36. The molecular weight excluding hydrogens is 332 g/mol. The van der Waals surface area contributed by atoms with Gasteiger partial charge in [0.15, 0.2) is 0 Å². The standard InChI is InChI=1S/C24H26N2O/c1-27-23-7-5-6-22(18-23)19-8-10-20(11-9-19)24(21-12-14-25-15-13-21)26-16-3-2-4-17-26/h5-15,18,24H,2-4,16-17H2,1H3/t24-/m1/s1. The molecule has 0 radical (unpaired) electrons. The van der Waals surface area contributed by atoms with E-state index in [-0.39, 0.29) is 0 Å². The highest BCUT2D eigenvalue weighted by Crippen LogP contribution is 2.32. The average Bonchev–Trinajstić information content (AvgIpc) is 2.76. The van der Waals surface area contributed by atoms with Crippen molar-refractivity contribution in [3.05, 3.63) is 84.2 Å². The molecule has 1 atom stereocenters. The summed E-state index contributed by atoms with van der Waals surface area (Å²) in [4.78, 5) is 6.82. The van der Waals surface area contributed by atoms with E-state index in [1.165, 1.54) is 41.5 Å². The van der Waals surface area contributed by atoms with E-state index in [1.54, 1.807) is 7.11 Å². The lowest BCUT2D eigenvalue weighted by Gasteiger charge is -2.35. The van der Waals surface area contributed by atoms with Gasteiger partial charge in [0.25, 0.3) is 0 Å². The first-order valence-electron chi connectivity index (χ1n) is 9.73. The van der Waals surface area contributed by atoms with E-state index in [2.05, 4.69) is 58.4 Å². The highest BCUT2D eigenvalue weighted by atomic mass is 16.5. The normalized spacial score (nSPS) is 16.0. The number of nitrogens with zero attached hydrogens (tertiary/aromatic N) is 2. The molecule has 0 aliphatic carbocycles. The smallest absolute Gasteiger partial charge is 0.119 e. The van der Waals surface area contributed by atoms with Crippen molar-refractivity contribution in [3.8, 4) is 16.9 Å². The molecule has 1 aliphatic rings. The van der Waals surface area contributed by atoms with Crippen LogP contribution in [-0.4, -0.2) is 30.1 Å². The Morgan fingerprint density at radius 3 is 2.22 bits per heavy atom. The van der Waals surface area contributed by atoms with E-state index in [0.717, 1.165) is 18.8 Å². The molecule has 4 rings (SSSR count). The van der Waals surface area contributed by atoms with E-state index >= 15 is 0 Å². The molecule has 0 amide bonds. The highest BCUT2D eigenvalue weighted by molar-refractivity contribution is 5.65. The second-order valence-corrected chi connectivity index (χ2v) is 7.13. The van der Waals surface area contributed by atoms with Gasteiger partial charge in [-0.3, -0.25) is 9.88 Å². The van der Waals surface area contributed by atoms with Crippen LogP contribution in [0.2, 0.25) is 0 Å². The SMILES string of the molecule is COc1cccc(-c2ccc([C@H](c3ccncc3)N3CCCCC3)cc2)c1. The molecule has 1 fully saturated rings. The molecule has 0 N–H and O–H groups in total. The van der Waals surface area contributed by atoms with Crippen LogP contribution < -0.4 is 4.74 Å². The molecule has 0 saturated carbocycles. The van der Waals surface area contributed by atoms with E-state index in [4.69, 9.17) is 4.74 Å². The summed E-state index contributed by atoms with van der Waals surface area (Å²) in [5.74, 6) is 0.888. The molecule has 3 aromatic rings. The maximum Gasteiger partial charge on any atom is 0.119 e. The topological polar surface area (TPSA) is 25.4 Å². The fourth-order valence-corrected chi connectivity index (χ4v) is 4.00. The van der Waals surface area contributed by atoms with Crippen LogP contribution in [0.1, 0.15) is 36.4 Å². The van der Waals surface area contributed by atoms with Crippen molar-refractivity contribution in [1.29, 1.82) is 0 Å². The molecule has 1 aromatic heterocycles. The molecular formula is C24H26N2O. The predicted molar refractivity (Wildman–Crippen MR) is 110 cm³/mol. The summed E-state index contributed by atoms with van der Waals surface area (Å²) in [6.45, 7) is 2.31. The third-order valence-corrected chi connectivity index (χ3v) is 5.41. The van der Waals surface area contributed by atoms with Gasteiger partial charge < -0.3 is 4.74 Å². The van der Waals surface area contributed by atoms with Gasteiger partial charge in [-0.25, -0.2) is 0 Å². The molecule has 3 heteroatoms. The Labute approximate surface area is 161 Å². The maximum absolute atomic E-state index is 5.36. The lowest BCUT2D eigenvalue weighted by Crippen LogP contribution is -2.34. The number of rotatable bonds is 5. The lowest BCUT2D eigenvalue weighted by atomic mass is 9.94. The van der Waals surface area contributed by atoms with Crippen LogP contribution in [0.3, 0.4) is 0 Å². The number of likely N-dealkylation sites (tertiary alicyclic amines) is 1. The molecule has 2 heterocycles. The van der Waals surface area contributed by atoms with Crippen LogP contribution in [0.15, 0.2) is 73.1 Å². The van der Waals surface area contributed by atoms with Crippen LogP contribution in [0.4, 0.5) is 0 Å². The lowest BCUT2D eigenvalue weighted by molar-refractivity contribution is 0.187. The number of hydrogen-bond acceptors (Lipinski definition) is 3. The molecule has 0 bridgehead atoms. The predicted octanol–water partition coefficient (Wildman–Crippen LogP) is 5.33. The first kappa shape index (κ1) is 17.7. The highest BCUT2D eigenvalue weighted by Gasteiger charge is 2.23. The number of aromatic nitrogens is 1.